The Morgan fingerprint density at radius 3 is 3.08 bits per heavy atom. The number of hydrogen-bond donors (Lipinski definition) is 1. The quantitative estimate of drug-likeness (QED) is 0.606. The van der Waals surface area contributed by atoms with Crippen molar-refractivity contribution in [2.75, 3.05) is 5.73 Å². The number of nitrogens with two attached hydrogens (primary N) is 1. The molecule has 5 nitrogen and oxygen atoms in total. The van der Waals surface area contributed by atoms with E-state index in [-0.39, 0.29) is 11.3 Å². The lowest BCUT2D eigenvalue weighted by Gasteiger charge is -1.97. The fraction of sp³-hybridized carbons (Fsp3) is 0.167. The van der Waals surface area contributed by atoms with E-state index in [4.69, 9.17) is 5.73 Å². The molecule has 0 saturated heterocycles. The first kappa shape index (κ1) is 6.96. The van der Waals surface area contributed by atoms with Crippen molar-refractivity contribution in [3.63, 3.8) is 0 Å². The molecule has 0 fully saturated rings. The number of nitrogen functional groups attached to an aromatic ring is 1. The molecule has 0 aliphatic carbocycles. The summed E-state index contributed by atoms with van der Waals surface area (Å²) in [5.41, 5.74) is 5.58. The molecule has 2 heterocycles. The van der Waals surface area contributed by atoms with Crippen LogP contribution in [0.5, 0.6) is 0 Å². The van der Waals surface area contributed by atoms with Gasteiger partial charge in [0.05, 0.1) is 6.20 Å². The Kier molecular flexibility index (Phi) is 1.24. The Labute approximate surface area is 67.0 Å². The van der Waals surface area contributed by atoms with Crippen molar-refractivity contribution in [2.45, 2.75) is 6.92 Å². The van der Waals surface area contributed by atoms with Crippen LogP contribution in [0.1, 0.15) is 5.82 Å². The predicted octanol–water partition coefficient (Wildman–Crippen LogP) is 0.154. The second-order valence-electron chi connectivity index (χ2n) is 2.37. The molecule has 2 aromatic heterocycles. The van der Waals surface area contributed by atoms with Crippen LogP contribution in [0.15, 0.2) is 6.20 Å². The van der Waals surface area contributed by atoms with Crippen LogP contribution in [0.3, 0.4) is 0 Å². The van der Waals surface area contributed by atoms with Crippen molar-refractivity contribution < 1.29 is 4.39 Å². The molecule has 0 amide bonds. The normalized spacial score (nSPS) is 10.8. The lowest BCUT2D eigenvalue weighted by molar-refractivity contribution is 0.638. The lowest BCUT2D eigenvalue weighted by atomic mass is 10.5. The van der Waals surface area contributed by atoms with Crippen molar-refractivity contribution in [3.8, 4) is 0 Å². The Morgan fingerprint density at radius 1 is 1.58 bits per heavy atom. The Bertz CT molecular complexity index is 435. The van der Waals surface area contributed by atoms with Gasteiger partial charge in [-0.05, 0) is 6.92 Å². The van der Waals surface area contributed by atoms with E-state index in [0.717, 1.165) is 10.8 Å². The minimum Gasteiger partial charge on any atom is -0.382 e. The van der Waals surface area contributed by atoms with Gasteiger partial charge in [0.25, 0.3) is 0 Å². The fourth-order valence-corrected chi connectivity index (χ4v) is 1.01. The van der Waals surface area contributed by atoms with E-state index >= 15 is 0 Å². The fourth-order valence-electron chi connectivity index (χ4n) is 1.01. The molecule has 0 unspecified atom stereocenters. The van der Waals surface area contributed by atoms with Gasteiger partial charge in [0.2, 0.25) is 0 Å². The average Bonchev–Trinajstić information content (AvgIpc) is 2.31. The smallest absolute Gasteiger partial charge is 0.174 e. The number of halogens is 1. The van der Waals surface area contributed by atoms with Crippen LogP contribution < -0.4 is 5.73 Å². The van der Waals surface area contributed by atoms with Gasteiger partial charge in [-0.15, -0.1) is 9.73 Å². The number of fused-ring (bicyclic) bond motifs is 1. The van der Waals surface area contributed by atoms with Crippen LogP contribution in [-0.4, -0.2) is 19.8 Å². The summed E-state index contributed by atoms with van der Waals surface area (Å²) in [5.74, 6) is 0.0631. The van der Waals surface area contributed by atoms with Crippen molar-refractivity contribution in [3.05, 3.63) is 17.8 Å². The number of aryl methyl sites for hydroxylation is 1. The zero-order chi connectivity index (χ0) is 8.72. The van der Waals surface area contributed by atoms with Gasteiger partial charge in [-0.2, -0.15) is 5.10 Å². The highest BCUT2D eigenvalue weighted by molar-refractivity contribution is 5.64. The van der Waals surface area contributed by atoms with Crippen LogP contribution in [-0.2, 0) is 0 Å². The first-order valence-corrected chi connectivity index (χ1v) is 3.32. The van der Waals surface area contributed by atoms with E-state index < -0.39 is 5.82 Å². The highest BCUT2D eigenvalue weighted by Gasteiger charge is 2.09. The molecular weight excluding hydrogens is 161 g/mol. The number of anilines is 1. The van der Waals surface area contributed by atoms with Crippen molar-refractivity contribution >= 4 is 11.3 Å². The highest BCUT2D eigenvalue weighted by atomic mass is 19.1. The topological polar surface area (TPSA) is 69.1 Å². The van der Waals surface area contributed by atoms with Gasteiger partial charge in [-0.25, -0.2) is 9.37 Å². The van der Waals surface area contributed by atoms with Gasteiger partial charge in [0.1, 0.15) is 5.82 Å². The molecule has 2 rings (SSSR count). The minimum absolute atomic E-state index is 0.109. The second-order valence-corrected chi connectivity index (χ2v) is 2.37. The Balaban J connectivity index is 2.93. The van der Waals surface area contributed by atoms with E-state index in [1.54, 1.807) is 6.92 Å². The summed E-state index contributed by atoms with van der Waals surface area (Å²) >= 11 is 0. The van der Waals surface area contributed by atoms with Crippen LogP contribution >= 0.6 is 0 Å². The van der Waals surface area contributed by atoms with Crippen LogP contribution in [0.2, 0.25) is 0 Å². The SMILES string of the molecule is Cc1nc(N)c2c(F)cnn2n1. The van der Waals surface area contributed by atoms with Crippen LogP contribution in [0.25, 0.3) is 5.52 Å². The second kappa shape index (κ2) is 2.13. The predicted molar refractivity (Wildman–Crippen MR) is 39.9 cm³/mol. The summed E-state index contributed by atoms with van der Waals surface area (Å²) in [5, 5.41) is 7.48. The monoisotopic (exact) mass is 167 g/mol. The summed E-state index contributed by atoms with van der Waals surface area (Å²) in [6.07, 6.45) is 1.06. The molecule has 12 heavy (non-hydrogen) atoms. The number of nitrogens with zero attached hydrogens (tertiary/aromatic N) is 4. The number of hydrogen-bond acceptors (Lipinski definition) is 4. The van der Waals surface area contributed by atoms with E-state index in [0.29, 0.717) is 5.82 Å². The summed E-state index contributed by atoms with van der Waals surface area (Å²) in [6, 6.07) is 0. The van der Waals surface area contributed by atoms with Crippen molar-refractivity contribution in [2.24, 2.45) is 0 Å². The van der Waals surface area contributed by atoms with Gasteiger partial charge in [-0.3, -0.25) is 0 Å². The number of aromatic nitrogens is 4. The molecule has 6 heteroatoms. The van der Waals surface area contributed by atoms with Gasteiger partial charge in [0.15, 0.2) is 17.2 Å². The average molecular weight is 167 g/mol. The van der Waals surface area contributed by atoms with E-state index in [1.807, 2.05) is 0 Å². The van der Waals surface area contributed by atoms with Gasteiger partial charge in [0, 0.05) is 0 Å². The van der Waals surface area contributed by atoms with Crippen molar-refractivity contribution in [1.82, 2.24) is 19.8 Å². The first-order valence-electron chi connectivity index (χ1n) is 3.32. The third kappa shape index (κ3) is 0.810. The van der Waals surface area contributed by atoms with Crippen LogP contribution in [0, 0.1) is 12.7 Å². The summed E-state index contributed by atoms with van der Waals surface area (Å²) in [7, 11) is 0. The minimum atomic E-state index is -0.507. The third-order valence-electron chi connectivity index (χ3n) is 1.47. The largest absolute Gasteiger partial charge is 0.382 e. The maximum absolute atomic E-state index is 12.9. The van der Waals surface area contributed by atoms with E-state index in [9.17, 15) is 4.39 Å². The molecule has 0 aliphatic rings. The first-order chi connectivity index (χ1) is 5.68. The van der Waals surface area contributed by atoms with Gasteiger partial charge >= 0.3 is 0 Å². The summed E-state index contributed by atoms with van der Waals surface area (Å²) < 4.78 is 14.0. The number of rotatable bonds is 0. The maximum Gasteiger partial charge on any atom is 0.174 e. The van der Waals surface area contributed by atoms with E-state index in [1.165, 1.54) is 0 Å². The zero-order valence-electron chi connectivity index (χ0n) is 6.32. The molecule has 0 aliphatic heterocycles. The van der Waals surface area contributed by atoms with Gasteiger partial charge < -0.3 is 5.73 Å². The molecule has 0 radical (unpaired) electrons. The highest BCUT2D eigenvalue weighted by Crippen LogP contribution is 2.12. The van der Waals surface area contributed by atoms with Crippen molar-refractivity contribution in [1.29, 1.82) is 0 Å². The van der Waals surface area contributed by atoms with Gasteiger partial charge in [-0.1, -0.05) is 0 Å². The summed E-state index contributed by atoms with van der Waals surface area (Å²) in [4.78, 5) is 3.80. The Hall–Kier alpha value is -1.72. The summed E-state index contributed by atoms with van der Waals surface area (Å²) in [6.45, 7) is 1.66. The molecule has 0 saturated carbocycles. The standard InChI is InChI=1S/C6H6FN5/c1-3-10-6(8)5-4(7)2-9-12(5)11-3/h2H,1H3,(H2,8,10,11). The maximum atomic E-state index is 12.9. The molecule has 0 spiro atoms. The molecule has 2 aromatic rings. The Morgan fingerprint density at radius 2 is 2.33 bits per heavy atom. The molecule has 62 valence electrons. The van der Waals surface area contributed by atoms with Crippen LogP contribution in [0.4, 0.5) is 10.2 Å². The molecule has 0 aromatic carbocycles. The zero-order valence-corrected chi connectivity index (χ0v) is 6.32. The molecule has 2 N–H and O–H groups in total. The lowest BCUT2D eigenvalue weighted by Crippen LogP contribution is -2.04. The molecular formula is C6H6FN5. The van der Waals surface area contributed by atoms with E-state index in [2.05, 4.69) is 15.2 Å². The third-order valence-corrected chi connectivity index (χ3v) is 1.47. The molecule has 0 bridgehead atoms. The molecule has 0 atom stereocenters.